The predicted molar refractivity (Wildman–Crippen MR) is 207 cm³/mol. The Kier molecular flexibility index (Phi) is 8.46. The highest BCUT2D eigenvalue weighted by Crippen LogP contribution is 2.41. The van der Waals surface area contributed by atoms with Crippen molar-refractivity contribution in [2.45, 2.75) is 21.9 Å². The molecule has 0 amide bonds. The summed E-state index contributed by atoms with van der Waals surface area (Å²) in [4.78, 5) is 11.3. The molecule has 2 aromatic heterocycles. The van der Waals surface area contributed by atoms with Crippen molar-refractivity contribution in [3.05, 3.63) is 157 Å². The second-order valence-electron chi connectivity index (χ2n) is 11.5. The van der Waals surface area contributed by atoms with E-state index in [1.54, 1.807) is 22.7 Å². The third kappa shape index (κ3) is 6.23. The molecule has 4 nitrogen and oxygen atoms in total. The van der Waals surface area contributed by atoms with E-state index in [1.165, 1.54) is 0 Å². The lowest BCUT2D eigenvalue weighted by Gasteiger charge is -2.34. The molecule has 0 saturated carbocycles. The zero-order chi connectivity index (χ0) is 32.5. The molecule has 6 aromatic carbocycles. The van der Waals surface area contributed by atoms with Crippen LogP contribution in [0, 0.1) is 0 Å². The van der Waals surface area contributed by atoms with Crippen molar-refractivity contribution < 1.29 is 0 Å². The van der Waals surface area contributed by atoms with Gasteiger partial charge in [0.2, 0.25) is 0 Å². The molecule has 2 N–H and O–H groups in total. The number of aromatic nitrogens is 2. The molecule has 0 unspecified atom stereocenters. The van der Waals surface area contributed by atoms with E-state index in [4.69, 9.17) is 35.2 Å². The second-order valence-corrected chi connectivity index (χ2v) is 14.4. The summed E-state index contributed by atoms with van der Waals surface area (Å²) in [6.07, 6.45) is 0. The Labute approximate surface area is 298 Å². The van der Waals surface area contributed by atoms with Crippen LogP contribution >= 0.6 is 22.7 Å². The Morgan fingerprint density at radius 3 is 1.19 bits per heavy atom. The summed E-state index contributed by atoms with van der Waals surface area (Å²) in [5.74, 6) is 0. The van der Waals surface area contributed by atoms with E-state index in [2.05, 4.69) is 95.6 Å². The van der Waals surface area contributed by atoms with Crippen molar-refractivity contribution in [2.24, 2.45) is 0 Å². The van der Waals surface area contributed by atoms with Crippen molar-refractivity contribution >= 4 is 79.7 Å². The molecular weight excluding hydrogens is 665 g/mol. The number of nitrogens with one attached hydrogen (secondary N) is 2. The Morgan fingerprint density at radius 1 is 0.458 bits per heavy atom. The lowest BCUT2D eigenvalue weighted by Crippen LogP contribution is -2.26. The lowest BCUT2D eigenvalue weighted by molar-refractivity contribution is 0.647. The van der Waals surface area contributed by atoms with Gasteiger partial charge in [-0.3, -0.25) is 0 Å². The molecule has 8 rings (SSSR count). The highest BCUT2D eigenvalue weighted by Gasteiger charge is 2.26. The minimum atomic E-state index is -0.194. The maximum absolute atomic E-state index is 5.98. The minimum absolute atomic E-state index is 0.194. The van der Waals surface area contributed by atoms with Gasteiger partial charge >= 0.3 is 0 Å². The van der Waals surface area contributed by atoms with Crippen molar-refractivity contribution in [3.8, 4) is 21.1 Å². The van der Waals surface area contributed by atoms with Crippen LogP contribution in [0.1, 0.15) is 23.2 Å². The molecule has 0 radical (unpaired) electrons. The average Bonchev–Trinajstić information content (AvgIpc) is 3.75. The summed E-state index contributed by atoms with van der Waals surface area (Å²) >= 11 is 15.3. The molecular formula is C40H28N4S4-2. The van der Waals surface area contributed by atoms with Crippen LogP contribution in [0.15, 0.2) is 155 Å². The van der Waals surface area contributed by atoms with Crippen molar-refractivity contribution in [3.63, 3.8) is 0 Å². The quantitative estimate of drug-likeness (QED) is 0.147. The standard InChI is InChI=1S/C40H30N4S4/c45-33-21-31-35(47-39(43-31)27-17-9-3-10-18-27)23-29(33)41-37(25-13-5-1-6-14-25)38(26-15-7-2-8-16-26)42-30-24-36-32(22-34(30)46)44-40(48-36)28-19-11-4-12-20-28/h1-24,37-38,41-42,45-46H/p-2/t37-,38-/m1/s1. The van der Waals surface area contributed by atoms with E-state index in [1.807, 2.05) is 60.7 Å². The first kappa shape index (κ1) is 30.5. The average molecular weight is 693 g/mol. The van der Waals surface area contributed by atoms with Crippen molar-refractivity contribution in [1.29, 1.82) is 0 Å². The molecule has 0 aliphatic rings. The van der Waals surface area contributed by atoms with Crippen molar-refractivity contribution in [2.75, 3.05) is 10.6 Å². The number of hydrogen-bond donors (Lipinski definition) is 2. The molecule has 2 heterocycles. The number of thiazole rings is 2. The fourth-order valence-electron chi connectivity index (χ4n) is 5.92. The first-order valence-electron chi connectivity index (χ1n) is 15.6. The third-order valence-electron chi connectivity index (χ3n) is 8.29. The summed E-state index contributed by atoms with van der Waals surface area (Å²) in [6, 6.07) is 49.5. The largest absolute Gasteiger partial charge is 0.778 e. The van der Waals surface area contributed by atoms with E-state index < -0.39 is 0 Å². The third-order valence-corrected chi connectivity index (χ3v) is 11.1. The van der Waals surface area contributed by atoms with Gasteiger partial charge in [-0.15, -0.1) is 32.5 Å². The fraction of sp³-hybridized carbons (Fsp3) is 0.0500. The number of hydrogen-bond acceptors (Lipinski definition) is 8. The van der Waals surface area contributed by atoms with E-state index >= 15 is 0 Å². The minimum Gasteiger partial charge on any atom is -0.778 e. The maximum atomic E-state index is 5.98. The van der Waals surface area contributed by atoms with Gasteiger partial charge in [0.15, 0.2) is 0 Å². The molecule has 0 fully saturated rings. The zero-order valence-corrected chi connectivity index (χ0v) is 28.8. The number of nitrogens with zero attached hydrogens (tertiary/aromatic N) is 2. The van der Waals surface area contributed by atoms with Crippen LogP contribution in [0.4, 0.5) is 11.4 Å². The molecule has 48 heavy (non-hydrogen) atoms. The molecule has 0 saturated heterocycles. The first-order chi connectivity index (χ1) is 23.6. The summed E-state index contributed by atoms with van der Waals surface area (Å²) in [5, 5.41) is 9.71. The molecule has 0 spiro atoms. The zero-order valence-electron chi connectivity index (χ0n) is 25.5. The van der Waals surface area contributed by atoms with Crippen LogP contribution in [-0.4, -0.2) is 9.97 Å². The summed E-state index contributed by atoms with van der Waals surface area (Å²) in [7, 11) is 0. The van der Waals surface area contributed by atoms with Crippen molar-refractivity contribution in [1.82, 2.24) is 9.97 Å². The number of anilines is 2. The molecule has 8 heteroatoms. The normalized spacial score (nSPS) is 12.6. The fourth-order valence-corrected chi connectivity index (χ4v) is 8.36. The first-order valence-corrected chi connectivity index (χ1v) is 18.0. The highest BCUT2D eigenvalue weighted by molar-refractivity contribution is 7.59. The van der Waals surface area contributed by atoms with E-state index in [-0.39, 0.29) is 12.1 Å². The summed E-state index contributed by atoms with van der Waals surface area (Å²) in [6.45, 7) is 0. The smallest absolute Gasteiger partial charge is 0.124 e. The van der Waals surface area contributed by atoms with Gasteiger partial charge in [-0.05, 0) is 23.3 Å². The van der Waals surface area contributed by atoms with Gasteiger partial charge in [-0.25, -0.2) is 9.97 Å². The SMILES string of the molecule is [S-]c1cc2nc(-c3ccccc3)sc2cc1N[C@H](c1ccccc1)[C@H](Nc1cc2sc(-c3ccccc3)nc2cc1[S-])c1ccccc1. The van der Waals surface area contributed by atoms with Gasteiger partial charge in [-0.2, -0.15) is 0 Å². The van der Waals surface area contributed by atoms with Gasteiger partial charge in [0.1, 0.15) is 10.0 Å². The molecule has 0 aliphatic heterocycles. The summed E-state index contributed by atoms with van der Waals surface area (Å²) < 4.78 is 2.16. The Balaban J connectivity index is 1.20. The van der Waals surface area contributed by atoms with Gasteiger partial charge in [0.05, 0.1) is 32.5 Å². The summed E-state index contributed by atoms with van der Waals surface area (Å²) in [5.41, 5.74) is 8.05. The Bertz CT molecular complexity index is 2160. The van der Waals surface area contributed by atoms with Crippen LogP contribution in [0.25, 0.3) is 41.6 Å². The Morgan fingerprint density at radius 2 is 0.812 bits per heavy atom. The number of benzene rings is 6. The highest BCUT2D eigenvalue weighted by atomic mass is 32.1. The molecule has 234 valence electrons. The van der Waals surface area contributed by atoms with Crippen LogP contribution in [0.2, 0.25) is 0 Å². The van der Waals surface area contributed by atoms with Crippen LogP contribution in [-0.2, 0) is 25.3 Å². The van der Waals surface area contributed by atoms with Crippen LogP contribution in [0.3, 0.4) is 0 Å². The van der Waals surface area contributed by atoms with Gasteiger partial charge in [-0.1, -0.05) is 133 Å². The van der Waals surface area contributed by atoms with Crippen LogP contribution < -0.4 is 10.6 Å². The molecule has 0 bridgehead atoms. The van der Waals surface area contributed by atoms with E-state index in [0.717, 1.165) is 73.9 Å². The van der Waals surface area contributed by atoms with Crippen LogP contribution in [0.5, 0.6) is 0 Å². The monoisotopic (exact) mass is 692 g/mol. The Hall–Kier alpha value is -4.86. The molecule has 8 aromatic rings. The number of rotatable bonds is 9. The second kappa shape index (κ2) is 13.3. The van der Waals surface area contributed by atoms with E-state index in [9.17, 15) is 0 Å². The van der Waals surface area contributed by atoms with E-state index in [0.29, 0.717) is 0 Å². The molecule has 2 atom stereocenters. The number of fused-ring (bicyclic) bond motifs is 2. The topological polar surface area (TPSA) is 49.8 Å². The van der Waals surface area contributed by atoms with Gasteiger partial charge < -0.3 is 35.9 Å². The van der Waals surface area contributed by atoms with Gasteiger partial charge in [0.25, 0.3) is 0 Å². The van der Waals surface area contributed by atoms with Gasteiger partial charge in [0, 0.05) is 22.5 Å². The maximum Gasteiger partial charge on any atom is 0.124 e. The molecule has 0 aliphatic carbocycles. The predicted octanol–water partition coefficient (Wildman–Crippen LogP) is 11.1. The lowest BCUT2D eigenvalue weighted by atomic mass is 9.92.